The first kappa shape index (κ1) is 22.2. The average molecular weight is 442 g/mol. The summed E-state index contributed by atoms with van der Waals surface area (Å²) in [6.07, 6.45) is 1.40. The SMILES string of the molecule is COC(=O)c1ccc(NC(=S)N2CCC(NC(=O)c3cccc([N+](=O)[O-])c3)CC2)cc1. The topological polar surface area (TPSA) is 114 Å². The predicted molar refractivity (Wildman–Crippen MR) is 119 cm³/mol. The number of nitrogens with zero attached hydrogens (tertiary/aromatic N) is 2. The molecule has 0 atom stereocenters. The van der Waals surface area contributed by atoms with Crippen LogP contribution in [0, 0.1) is 10.1 Å². The van der Waals surface area contributed by atoms with Crippen LogP contribution in [0.2, 0.25) is 0 Å². The van der Waals surface area contributed by atoms with E-state index >= 15 is 0 Å². The van der Waals surface area contributed by atoms with Gasteiger partial charge in [-0.3, -0.25) is 14.9 Å². The third-order valence-electron chi connectivity index (χ3n) is 4.99. The molecular weight excluding hydrogens is 420 g/mol. The van der Waals surface area contributed by atoms with Gasteiger partial charge in [-0.2, -0.15) is 0 Å². The van der Waals surface area contributed by atoms with Crippen LogP contribution in [0.25, 0.3) is 0 Å². The van der Waals surface area contributed by atoms with E-state index in [4.69, 9.17) is 12.2 Å². The lowest BCUT2D eigenvalue weighted by molar-refractivity contribution is -0.384. The fraction of sp³-hybridized carbons (Fsp3) is 0.286. The molecule has 31 heavy (non-hydrogen) atoms. The molecule has 1 amide bonds. The highest BCUT2D eigenvalue weighted by Crippen LogP contribution is 2.17. The van der Waals surface area contributed by atoms with E-state index in [1.165, 1.54) is 25.3 Å². The van der Waals surface area contributed by atoms with Gasteiger partial charge >= 0.3 is 5.97 Å². The van der Waals surface area contributed by atoms with E-state index in [0.717, 1.165) is 5.69 Å². The van der Waals surface area contributed by atoms with Crippen molar-refractivity contribution in [3.8, 4) is 0 Å². The fourth-order valence-corrected chi connectivity index (χ4v) is 3.57. The highest BCUT2D eigenvalue weighted by atomic mass is 32.1. The normalized spacial score (nSPS) is 13.9. The van der Waals surface area contributed by atoms with Gasteiger partial charge in [0.05, 0.1) is 17.6 Å². The van der Waals surface area contributed by atoms with Crippen LogP contribution in [0.15, 0.2) is 48.5 Å². The molecule has 1 heterocycles. The Kier molecular flexibility index (Phi) is 7.14. The number of hydrogen-bond acceptors (Lipinski definition) is 6. The van der Waals surface area contributed by atoms with Crippen LogP contribution in [-0.4, -0.2) is 53.1 Å². The van der Waals surface area contributed by atoms with E-state index in [-0.39, 0.29) is 23.2 Å². The van der Waals surface area contributed by atoms with Crippen molar-refractivity contribution in [2.24, 2.45) is 0 Å². The standard InChI is InChI=1S/C21H22N4O5S/c1-30-20(27)14-5-7-16(8-6-14)23-21(31)24-11-9-17(10-12-24)22-19(26)15-3-2-4-18(13-15)25(28)29/h2-8,13,17H,9-12H2,1H3,(H,22,26)(H,23,31). The lowest BCUT2D eigenvalue weighted by Crippen LogP contribution is -2.47. The lowest BCUT2D eigenvalue weighted by atomic mass is 10.0. The Hall–Kier alpha value is -3.53. The van der Waals surface area contributed by atoms with E-state index in [1.54, 1.807) is 30.3 Å². The zero-order valence-electron chi connectivity index (χ0n) is 16.9. The molecule has 0 saturated carbocycles. The molecule has 0 radical (unpaired) electrons. The number of ether oxygens (including phenoxy) is 1. The maximum Gasteiger partial charge on any atom is 0.337 e. The Bertz CT molecular complexity index is 988. The lowest BCUT2D eigenvalue weighted by Gasteiger charge is -2.34. The number of carbonyl (C=O) groups excluding carboxylic acids is 2. The van der Waals surface area contributed by atoms with Gasteiger partial charge in [0, 0.05) is 42.5 Å². The first-order valence-corrected chi connectivity index (χ1v) is 10.1. The van der Waals surface area contributed by atoms with Crippen molar-refractivity contribution in [2.45, 2.75) is 18.9 Å². The minimum atomic E-state index is -0.522. The van der Waals surface area contributed by atoms with Gasteiger partial charge in [-0.25, -0.2) is 4.79 Å². The number of hydrogen-bond donors (Lipinski definition) is 2. The number of methoxy groups -OCH3 is 1. The largest absolute Gasteiger partial charge is 0.465 e. The summed E-state index contributed by atoms with van der Waals surface area (Å²) in [6.45, 7) is 1.32. The summed E-state index contributed by atoms with van der Waals surface area (Å²) in [5.74, 6) is -0.725. The molecule has 1 saturated heterocycles. The highest BCUT2D eigenvalue weighted by Gasteiger charge is 2.23. The number of nitrogens with one attached hydrogen (secondary N) is 2. The smallest absolute Gasteiger partial charge is 0.337 e. The number of esters is 1. The minimum absolute atomic E-state index is 0.0369. The molecule has 3 rings (SSSR count). The van der Waals surface area contributed by atoms with Crippen molar-refractivity contribution in [2.75, 3.05) is 25.5 Å². The average Bonchev–Trinajstić information content (AvgIpc) is 2.79. The number of likely N-dealkylation sites (tertiary alicyclic amines) is 1. The highest BCUT2D eigenvalue weighted by molar-refractivity contribution is 7.80. The van der Waals surface area contributed by atoms with Crippen LogP contribution in [0.3, 0.4) is 0 Å². The molecular formula is C21H22N4O5S. The second kappa shape index (κ2) is 9.98. The molecule has 0 bridgehead atoms. The maximum absolute atomic E-state index is 12.4. The summed E-state index contributed by atoms with van der Waals surface area (Å²) < 4.78 is 4.68. The number of nitro groups is 1. The van der Waals surface area contributed by atoms with Crippen molar-refractivity contribution in [3.63, 3.8) is 0 Å². The van der Waals surface area contributed by atoms with Crippen molar-refractivity contribution in [1.29, 1.82) is 0 Å². The molecule has 162 valence electrons. The van der Waals surface area contributed by atoms with Gasteiger partial charge in [0.15, 0.2) is 5.11 Å². The number of rotatable bonds is 5. The van der Waals surface area contributed by atoms with Crippen molar-refractivity contribution >= 4 is 40.6 Å². The molecule has 2 N–H and O–H groups in total. The Labute approximate surface area is 184 Å². The molecule has 0 aliphatic carbocycles. The second-order valence-electron chi connectivity index (χ2n) is 7.04. The van der Waals surface area contributed by atoms with E-state index in [2.05, 4.69) is 15.4 Å². The van der Waals surface area contributed by atoms with E-state index < -0.39 is 10.9 Å². The van der Waals surface area contributed by atoms with Crippen LogP contribution in [0.1, 0.15) is 33.6 Å². The summed E-state index contributed by atoms with van der Waals surface area (Å²) in [4.78, 5) is 36.3. The third kappa shape index (κ3) is 5.76. The van der Waals surface area contributed by atoms with E-state index in [0.29, 0.717) is 36.6 Å². The molecule has 0 unspecified atom stereocenters. The molecule has 1 aliphatic rings. The molecule has 10 heteroatoms. The monoisotopic (exact) mass is 442 g/mol. The van der Waals surface area contributed by atoms with Gasteiger partial charge in [0.2, 0.25) is 0 Å². The quantitative estimate of drug-likeness (QED) is 0.314. The number of benzene rings is 2. The Morgan fingerprint density at radius 3 is 2.42 bits per heavy atom. The number of thiocarbonyl (C=S) groups is 1. The van der Waals surface area contributed by atoms with Crippen LogP contribution >= 0.6 is 12.2 Å². The molecule has 9 nitrogen and oxygen atoms in total. The number of non-ortho nitro benzene ring substituents is 1. The van der Waals surface area contributed by atoms with Crippen LogP contribution in [0.5, 0.6) is 0 Å². The van der Waals surface area contributed by atoms with Crippen LogP contribution < -0.4 is 10.6 Å². The summed E-state index contributed by atoms with van der Waals surface area (Å²) in [5, 5.41) is 17.5. The van der Waals surface area contributed by atoms with Gasteiger partial charge < -0.3 is 20.3 Å². The van der Waals surface area contributed by atoms with Crippen LogP contribution in [0.4, 0.5) is 11.4 Å². The van der Waals surface area contributed by atoms with E-state index in [9.17, 15) is 19.7 Å². The zero-order valence-corrected chi connectivity index (χ0v) is 17.7. The summed E-state index contributed by atoms with van der Waals surface area (Å²) >= 11 is 5.48. The Balaban J connectivity index is 1.49. The zero-order chi connectivity index (χ0) is 22.4. The van der Waals surface area contributed by atoms with Crippen LogP contribution in [-0.2, 0) is 4.74 Å². The van der Waals surface area contributed by atoms with Crippen molar-refractivity contribution in [3.05, 3.63) is 69.8 Å². The molecule has 2 aromatic carbocycles. The van der Waals surface area contributed by atoms with Gasteiger partial charge in [-0.05, 0) is 55.4 Å². The third-order valence-corrected chi connectivity index (χ3v) is 5.35. The van der Waals surface area contributed by atoms with Gasteiger partial charge in [0.25, 0.3) is 11.6 Å². The Morgan fingerprint density at radius 2 is 1.81 bits per heavy atom. The van der Waals surface area contributed by atoms with Crippen molar-refractivity contribution < 1.29 is 19.2 Å². The number of anilines is 1. The summed E-state index contributed by atoms with van der Waals surface area (Å²) in [5.41, 5.74) is 1.38. The second-order valence-corrected chi connectivity index (χ2v) is 7.43. The first-order valence-electron chi connectivity index (χ1n) is 9.67. The summed E-state index contributed by atoms with van der Waals surface area (Å²) in [6, 6.07) is 12.5. The molecule has 0 aromatic heterocycles. The first-order chi connectivity index (χ1) is 14.9. The number of nitro benzene ring substituents is 1. The molecule has 1 fully saturated rings. The molecule has 2 aromatic rings. The van der Waals surface area contributed by atoms with Gasteiger partial charge in [-0.1, -0.05) is 6.07 Å². The number of amides is 1. The van der Waals surface area contributed by atoms with Crippen molar-refractivity contribution in [1.82, 2.24) is 10.2 Å². The van der Waals surface area contributed by atoms with E-state index in [1.807, 2.05) is 4.90 Å². The Morgan fingerprint density at radius 1 is 1.13 bits per heavy atom. The molecule has 1 aliphatic heterocycles. The van der Waals surface area contributed by atoms with Gasteiger partial charge in [-0.15, -0.1) is 0 Å². The molecule has 0 spiro atoms. The maximum atomic E-state index is 12.4. The summed E-state index contributed by atoms with van der Waals surface area (Å²) in [7, 11) is 1.33. The fourth-order valence-electron chi connectivity index (χ4n) is 3.27. The number of piperidine rings is 1. The van der Waals surface area contributed by atoms with Gasteiger partial charge in [0.1, 0.15) is 0 Å². The predicted octanol–water partition coefficient (Wildman–Crippen LogP) is 2.97. The number of carbonyl (C=O) groups is 2. The minimum Gasteiger partial charge on any atom is -0.465 e.